The number of carbonyl (C=O) groups excluding carboxylic acids is 3. The van der Waals surface area contributed by atoms with E-state index in [1.165, 1.54) is 7.85 Å². The number of nitrogens with one attached hydrogen (secondary N) is 1. The fourth-order valence-corrected chi connectivity index (χ4v) is 1.27. The first-order valence-corrected chi connectivity index (χ1v) is 5.08. The van der Waals surface area contributed by atoms with Gasteiger partial charge < -0.3 is 14.8 Å². The van der Waals surface area contributed by atoms with Crippen LogP contribution in [-0.4, -0.2) is 44.8 Å². The van der Waals surface area contributed by atoms with Crippen LogP contribution < -0.4 is 5.32 Å². The number of cyclic esters (lactones) is 2. The summed E-state index contributed by atoms with van der Waals surface area (Å²) in [5, 5.41) is 2.36. The number of esters is 2. The third-order valence-electron chi connectivity index (χ3n) is 2.07. The van der Waals surface area contributed by atoms with E-state index in [0.717, 1.165) is 0 Å². The van der Waals surface area contributed by atoms with Gasteiger partial charge in [-0.1, -0.05) is 6.92 Å². The van der Waals surface area contributed by atoms with Crippen LogP contribution in [0.5, 0.6) is 0 Å². The zero-order chi connectivity index (χ0) is 12.1. The molecule has 7 heteroatoms. The first-order chi connectivity index (χ1) is 7.49. The molecule has 88 valence electrons. The molecule has 0 bridgehead atoms. The summed E-state index contributed by atoms with van der Waals surface area (Å²) in [6.45, 7) is 2.21. The van der Waals surface area contributed by atoms with E-state index in [2.05, 4.69) is 5.32 Å². The Morgan fingerprint density at radius 1 is 1.38 bits per heavy atom. The molecule has 1 heterocycles. The molecular weight excluding hydrogens is 213 g/mol. The highest BCUT2D eigenvalue weighted by Gasteiger charge is 2.27. The highest BCUT2D eigenvalue weighted by atomic mass is 16.6. The predicted octanol–water partition coefficient (Wildman–Crippen LogP) is -1.18. The summed E-state index contributed by atoms with van der Waals surface area (Å²) in [5.74, 6) is -1.53. The van der Waals surface area contributed by atoms with Gasteiger partial charge in [-0.2, -0.15) is 0 Å². The van der Waals surface area contributed by atoms with Crippen LogP contribution in [0.25, 0.3) is 0 Å². The zero-order valence-corrected chi connectivity index (χ0v) is 9.32. The van der Waals surface area contributed by atoms with E-state index in [9.17, 15) is 14.4 Å². The van der Waals surface area contributed by atoms with Crippen LogP contribution in [0.15, 0.2) is 0 Å². The van der Waals surface area contributed by atoms with Gasteiger partial charge in [0.1, 0.15) is 6.04 Å². The van der Waals surface area contributed by atoms with Crippen molar-refractivity contribution in [3.05, 3.63) is 0 Å². The van der Waals surface area contributed by atoms with Crippen molar-refractivity contribution >= 4 is 25.6 Å². The SMILES string of the molecule is BC(=O)NC1CC(=O)OCC(C)COC1=O. The second kappa shape index (κ2) is 5.53. The van der Waals surface area contributed by atoms with Gasteiger partial charge in [0.25, 0.3) is 0 Å². The van der Waals surface area contributed by atoms with Gasteiger partial charge in [-0.25, -0.2) is 4.79 Å². The Hall–Kier alpha value is -1.53. The Balaban J connectivity index is 2.69. The van der Waals surface area contributed by atoms with Crippen LogP contribution >= 0.6 is 0 Å². The Morgan fingerprint density at radius 3 is 2.62 bits per heavy atom. The number of carbonyl (C=O) groups is 3. The average Bonchev–Trinajstić information content (AvgIpc) is 2.24. The van der Waals surface area contributed by atoms with Crippen LogP contribution in [0.1, 0.15) is 13.3 Å². The van der Waals surface area contributed by atoms with Crippen molar-refractivity contribution in [2.24, 2.45) is 5.92 Å². The van der Waals surface area contributed by atoms with E-state index >= 15 is 0 Å². The summed E-state index contributed by atoms with van der Waals surface area (Å²) in [6.07, 6.45) is -0.189. The summed E-state index contributed by atoms with van der Waals surface area (Å²) >= 11 is 0. The maximum Gasteiger partial charge on any atom is 0.329 e. The molecule has 1 aliphatic rings. The first-order valence-electron chi connectivity index (χ1n) is 5.08. The molecule has 0 aromatic heterocycles. The molecule has 16 heavy (non-hydrogen) atoms. The lowest BCUT2D eigenvalue weighted by Gasteiger charge is -2.14. The predicted molar refractivity (Wildman–Crippen MR) is 56.6 cm³/mol. The van der Waals surface area contributed by atoms with Gasteiger partial charge in [-0.15, -0.1) is 0 Å². The summed E-state index contributed by atoms with van der Waals surface area (Å²) in [4.78, 5) is 33.6. The van der Waals surface area contributed by atoms with Crippen molar-refractivity contribution in [2.45, 2.75) is 19.4 Å². The van der Waals surface area contributed by atoms with Crippen molar-refractivity contribution in [1.82, 2.24) is 5.32 Å². The molecule has 2 atom stereocenters. The fourth-order valence-electron chi connectivity index (χ4n) is 1.27. The van der Waals surface area contributed by atoms with E-state index < -0.39 is 18.0 Å². The van der Waals surface area contributed by atoms with Crippen LogP contribution in [0, 0.1) is 5.92 Å². The molecule has 0 aromatic rings. The van der Waals surface area contributed by atoms with E-state index in [1.807, 2.05) is 0 Å². The molecule has 1 rings (SSSR count). The number of amides is 1. The van der Waals surface area contributed by atoms with E-state index in [1.54, 1.807) is 6.92 Å². The standard InChI is InChI=1S/C9H14BNO5/c1-5-3-15-7(12)2-6(11-9(10)14)8(13)16-4-5/h5-6H,2-4,10H2,1H3,(H,11,14). The summed E-state index contributed by atoms with van der Waals surface area (Å²) in [6, 6.07) is -0.949. The molecule has 1 aliphatic heterocycles. The maximum atomic E-state index is 11.5. The molecule has 0 radical (unpaired) electrons. The van der Waals surface area contributed by atoms with E-state index in [0.29, 0.717) is 0 Å². The molecule has 2 unspecified atom stereocenters. The highest BCUT2D eigenvalue weighted by molar-refractivity contribution is 6.57. The van der Waals surface area contributed by atoms with Crippen molar-refractivity contribution in [3.8, 4) is 0 Å². The number of ether oxygens (including phenoxy) is 2. The van der Waals surface area contributed by atoms with E-state index in [4.69, 9.17) is 9.47 Å². The third-order valence-corrected chi connectivity index (χ3v) is 2.07. The minimum Gasteiger partial charge on any atom is -0.465 e. The van der Waals surface area contributed by atoms with Gasteiger partial charge in [0.15, 0.2) is 5.81 Å². The van der Waals surface area contributed by atoms with Gasteiger partial charge >= 0.3 is 11.9 Å². The monoisotopic (exact) mass is 227 g/mol. The minimum atomic E-state index is -0.949. The van der Waals surface area contributed by atoms with Gasteiger partial charge in [-0.05, 0) is 0 Å². The normalized spacial score (nSPS) is 26.8. The molecule has 1 saturated heterocycles. The zero-order valence-electron chi connectivity index (χ0n) is 9.32. The average molecular weight is 227 g/mol. The fraction of sp³-hybridized carbons (Fsp3) is 0.667. The Kier molecular flexibility index (Phi) is 4.33. The second-order valence-corrected chi connectivity index (χ2v) is 3.88. The van der Waals surface area contributed by atoms with Crippen molar-refractivity contribution in [1.29, 1.82) is 0 Å². The lowest BCUT2D eigenvalue weighted by molar-refractivity contribution is -0.149. The molecule has 0 aromatic carbocycles. The smallest absolute Gasteiger partial charge is 0.329 e. The highest BCUT2D eigenvalue weighted by Crippen LogP contribution is 2.06. The molecule has 0 saturated carbocycles. The number of hydrogen-bond donors (Lipinski definition) is 1. The van der Waals surface area contributed by atoms with Crippen molar-refractivity contribution < 1.29 is 23.9 Å². The lowest BCUT2D eigenvalue weighted by Crippen LogP contribution is -2.42. The molecule has 1 amide bonds. The van der Waals surface area contributed by atoms with Crippen LogP contribution in [0.3, 0.4) is 0 Å². The Morgan fingerprint density at radius 2 is 2.00 bits per heavy atom. The topological polar surface area (TPSA) is 81.7 Å². The van der Waals surface area contributed by atoms with Gasteiger partial charge in [-0.3, -0.25) is 9.59 Å². The lowest BCUT2D eigenvalue weighted by atomic mass is 10.1. The van der Waals surface area contributed by atoms with Crippen molar-refractivity contribution in [2.75, 3.05) is 13.2 Å². The summed E-state index contributed by atoms with van der Waals surface area (Å²) < 4.78 is 9.86. The molecule has 0 aliphatic carbocycles. The quantitative estimate of drug-likeness (QED) is 0.450. The van der Waals surface area contributed by atoms with Crippen LogP contribution in [-0.2, 0) is 19.1 Å². The van der Waals surface area contributed by atoms with Crippen LogP contribution in [0.2, 0.25) is 0 Å². The molecule has 1 fully saturated rings. The molecular formula is C9H14BNO5. The molecule has 6 nitrogen and oxygen atoms in total. The first kappa shape index (κ1) is 12.5. The van der Waals surface area contributed by atoms with Gasteiger partial charge in [0.2, 0.25) is 7.85 Å². The second-order valence-electron chi connectivity index (χ2n) is 3.88. The minimum absolute atomic E-state index is 0.0380. The third kappa shape index (κ3) is 3.92. The van der Waals surface area contributed by atoms with Gasteiger partial charge in [0.05, 0.1) is 19.6 Å². The number of hydrogen-bond acceptors (Lipinski definition) is 5. The van der Waals surface area contributed by atoms with Gasteiger partial charge in [0, 0.05) is 5.92 Å². The summed E-state index contributed by atoms with van der Waals surface area (Å²) in [7, 11) is 1.27. The maximum absolute atomic E-state index is 11.5. The summed E-state index contributed by atoms with van der Waals surface area (Å²) in [5.41, 5.74) is 0. The Bertz CT molecular complexity index is 306. The Labute approximate surface area is 94.1 Å². The van der Waals surface area contributed by atoms with Crippen molar-refractivity contribution in [3.63, 3.8) is 0 Å². The van der Waals surface area contributed by atoms with E-state index in [-0.39, 0.29) is 31.4 Å². The van der Waals surface area contributed by atoms with Crippen LogP contribution in [0.4, 0.5) is 4.79 Å². The largest absolute Gasteiger partial charge is 0.465 e. The number of rotatable bonds is 1. The molecule has 1 N–H and O–H groups in total. The molecule has 0 spiro atoms.